The van der Waals surface area contributed by atoms with E-state index < -0.39 is 11.9 Å². The summed E-state index contributed by atoms with van der Waals surface area (Å²) in [5.74, 6) is -2.36. The van der Waals surface area contributed by atoms with E-state index in [1.807, 2.05) is 46.8 Å². The molecule has 234 valence electrons. The standard InChI is InChI=1S/C34H42N4O6/c1-8-21-18(5)33(43)37-26(21)13-24-17(4)23(10-11-30(39)40)28(35-24)15-29-32(16(3)12-31(41)42)20(7)25(36-29)14-27-22(9-2)19(6)34(44)38-27/h13-14,16,35-36H,8-12,15H2,1-7H3,(H,37,43)(H,38,44)(H,39,40)(H,41,42)/b26-13-,27-14-/t16-/m0/s1. The Morgan fingerprint density at radius 2 is 1.27 bits per heavy atom. The first-order chi connectivity index (χ1) is 20.8. The van der Waals surface area contributed by atoms with Gasteiger partial charge in [0.15, 0.2) is 0 Å². The Kier molecular flexibility index (Phi) is 9.51. The van der Waals surface area contributed by atoms with Crippen molar-refractivity contribution in [2.45, 2.75) is 92.9 Å². The fourth-order valence-electron chi connectivity index (χ4n) is 6.48. The molecule has 6 N–H and O–H groups in total. The van der Waals surface area contributed by atoms with Gasteiger partial charge in [-0.1, -0.05) is 20.8 Å². The monoisotopic (exact) mass is 602 g/mol. The molecule has 1 atom stereocenters. The zero-order valence-corrected chi connectivity index (χ0v) is 26.5. The fourth-order valence-corrected chi connectivity index (χ4v) is 6.48. The molecule has 10 nitrogen and oxygen atoms in total. The molecule has 0 bridgehead atoms. The third kappa shape index (κ3) is 6.34. The van der Waals surface area contributed by atoms with E-state index in [2.05, 4.69) is 20.6 Å². The maximum atomic E-state index is 12.4. The third-order valence-corrected chi connectivity index (χ3v) is 8.86. The summed E-state index contributed by atoms with van der Waals surface area (Å²) in [7, 11) is 0. The quantitative estimate of drug-likeness (QED) is 0.187. The Balaban J connectivity index is 1.84. The molecule has 0 saturated carbocycles. The minimum atomic E-state index is -0.903. The molecular weight excluding hydrogens is 560 g/mol. The third-order valence-electron chi connectivity index (χ3n) is 8.86. The van der Waals surface area contributed by atoms with Gasteiger partial charge in [0.1, 0.15) is 0 Å². The van der Waals surface area contributed by atoms with Gasteiger partial charge in [-0.15, -0.1) is 0 Å². The molecule has 4 rings (SSSR count). The van der Waals surface area contributed by atoms with Gasteiger partial charge in [-0.2, -0.15) is 0 Å². The second-order valence-electron chi connectivity index (χ2n) is 11.7. The molecule has 0 fully saturated rings. The van der Waals surface area contributed by atoms with Gasteiger partial charge in [0, 0.05) is 58.2 Å². The number of H-pyrrole nitrogens is 2. The molecule has 4 heterocycles. The summed E-state index contributed by atoms with van der Waals surface area (Å²) < 4.78 is 0. The van der Waals surface area contributed by atoms with Crippen molar-refractivity contribution >= 4 is 35.9 Å². The van der Waals surface area contributed by atoms with Crippen molar-refractivity contribution < 1.29 is 29.4 Å². The highest BCUT2D eigenvalue weighted by molar-refractivity contribution is 6.01. The summed E-state index contributed by atoms with van der Waals surface area (Å²) in [5.41, 5.74) is 11.5. The van der Waals surface area contributed by atoms with Crippen LogP contribution in [-0.4, -0.2) is 43.9 Å². The molecule has 2 aliphatic heterocycles. The number of carboxylic acids is 2. The number of rotatable bonds is 12. The van der Waals surface area contributed by atoms with E-state index in [-0.39, 0.29) is 30.6 Å². The van der Waals surface area contributed by atoms with Crippen molar-refractivity contribution in [2.24, 2.45) is 0 Å². The number of amides is 2. The van der Waals surface area contributed by atoms with Crippen LogP contribution in [-0.2, 0) is 32.0 Å². The van der Waals surface area contributed by atoms with Crippen LogP contribution in [0.2, 0.25) is 0 Å². The number of aliphatic carboxylic acids is 2. The molecule has 0 aliphatic carbocycles. The molecule has 2 aromatic rings. The lowest BCUT2D eigenvalue weighted by Gasteiger charge is -2.13. The summed E-state index contributed by atoms with van der Waals surface area (Å²) in [5, 5.41) is 25.0. The van der Waals surface area contributed by atoms with Crippen molar-refractivity contribution in [3.05, 3.63) is 78.7 Å². The highest BCUT2D eigenvalue weighted by Gasteiger charge is 2.27. The summed E-state index contributed by atoms with van der Waals surface area (Å²) in [4.78, 5) is 55.1. The normalized spacial score (nSPS) is 17.7. The number of hydrogen-bond donors (Lipinski definition) is 6. The van der Waals surface area contributed by atoms with Crippen LogP contribution < -0.4 is 10.6 Å². The first-order valence-electron chi connectivity index (χ1n) is 15.1. The summed E-state index contributed by atoms with van der Waals surface area (Å²) in [6.07, 6.45) is 5.78. The predicted octanol–water partition coefficient (Wildman–Crippen LogP) is 5.54. The molecule has 44 heavy (non-hydrogen) atoms. The van der Waals surface area contributed by atoms with Gasteiger partial charge >= 0.3 is 11.9 Å². The SMILES string of the molecule is CCC1=C(C)C(=O)N/C1=C\c1[nH]c(Cc2[nH]c(/C=C3\NC(=O)C(C)=C3CC)c(C)c2[C@@H](C)CC(=O)O)c(CCC(=O)O)c1C. The molecule has 2 aliphatic rings. The van der Waals surface area contributed by atoms with Gasteiger partial charge in [-0.25, -0.2) is 0 Å². The molecule has 0 saturated heterocycles. The topological polar surface area (TPSA) is 164 Å². The molecule has 0 spiro atoms. The summed E-state index contributed by atoms with van der Waals surface area (Å²) in [6.45, 7) is 13.4. The Morgan fingerprint density at radius 3 is 1.75 bits per heavy atom. The second-order valence-corrected chi connectivity index (χ2v) is 11.7. The highest BCUT2D eigenvalue weighted by Crippen LogP contribution is 2.35. The van der Waals surface area contributed by atoms with E-state index in [0.717, 1.165) is 67.6 Å². The van der Waals surface area contributed by atoms with E-state index in [4.69, 9.17) is 0 Å². The Labute approximate surface area is 257 Å². The van der Waals surface area contributed by atoms with E-state index in [1.54, 1.807) is 13.8 Å². The maximum Gasteiger partial charge on any atom is 0.303 e. The van der Waals surface area contributed by atoms with Crippen LogP contribution in [0.3, 0.4) is 0 Å². The summed E-state index contributed by atoms with van der Waals surface area (Å²) in [6, 6.07) is 0. The zero-order chi connectivity index (χ0) is 32.5. The Hall–Kier alpha value is -4.60. The number of aromatic nitrogens is 2. The molecule has 10 heteroatoms. The van der Waals surface area contributed by atoms with Gasteiger partial charge in [-0.3, -0.25) is 19.2 Å². The van der Waals surface area contributed by atoms with E-state index in [1.165, 1.54) is 0 Å². The zero-order valence-electron chi connectivity index (χ0n) is 26.5. The van der Waals surface area contributed by atoms with Crippen LogP contribution in [0, 0.1) is 13.8 Å². The number of allylic oxidation sites excluding steroid dienone is 2. The smallest absolute Gasteiger partial charge is 0.303 e. The van der Waals surface area contributed by atoms with Crippen LogP contribution >= 0.6 is 0 Å². The lowest BCUT2D eigenvalue weighted by molar-refractivity contribution is -0.138. The van der Waals surface area contributed by atoms with Gasteiger partial charge in [-0.05, 0) is 98.4 Å². The number of aromatic amines is 2. The minimum Gasteiger partial charge on any atom is -0.481 e. The van der Waals surface area contributed by atoms with Crippen molar-refractivity contribution in [2.75, 3.05) is 0 Å². The second kappa shape index (κ2) is 13.0. The molecule has 0 unspecified atom stereocenters. The van der Waals surface area contributed by atoms with Gasteiger partial charge in [0.05, 0.1) is 6.42 Å². The van der Waals surface area contributed by atoms with Crippen molar-refractivity contribution in [1.29, 1.82) is 0 Å². The minimum absolute atomic E-state index is 0.0494. The first kappa shape index (κ1) is 32.3. The van der Waals surface area contributed by atoms with Crippen LogP contribution in [0.5, 0.6) is 0 Å². The lowest BCUT2D eigenvalue weighted by Crippen LogP contribution is -2.15. The van der Waals surface area contributed by atoms with Crippen molar-refractivity contribution in [3.63, 3.8) is 0 Å². The average molecular weight is 603 g/mol. The van der Waals surface area contributed by atoms with Crippen molar-refractivity contribution in [3.8, 4) is 0 Å². The van der Waals surface area contributed by atoms with Gasteiger partial charge < -0.3 is 30.8 Å². The molecule has 2 amide bonds. The van der Waals surface area contributed by atoms with E-state index in [0.29, 0.717) is 36.8 Å². The van der Waals surface area contributed by atoms with Gasteiger partial charge in [0.25, 0.3) is 11.8 Å². The lowest BCUT2D eigenvalue weighted by atomic mass is 9.91. The number of nitrogens with one attached hydrogen (secondary N) is 4. The number of carbonyl (C=O) groups is 4. The fraction of sp³-hybridized carbons (Fsp3) is 0.412. The number of carboxylic acid groups (broad SMARTS) is 2. The molecule has 2 aromatic heterocycles. The van der Waals surface area contributed by atoms with Crippen LogP contribution in [0.25, 0.3) is 12.2 Å². The van der Waals surface area contributed by atoms with Crippen LogP contribution in [0.1, 0.15) is 111 Å². The largest absolute Gasteiger partial charge is 0.481 e. The molecule has 0 aromatic carbocycles. The van der Waals surface area contributed by atoms with Crippen LogP contribution in [0.4, 0.5) is 0 Å². The number of carbonyl (C=O) groups excluding carboxylic acids is 2. The molecule has 0 radical (unpaired) electrons. The highest BCUT2D eigenvalue weighted by atomic mass is 16.4. The van der Waals surface area contributed by atoms with E-state index >= 15 is 0 Å². The first-order valence-corrected chi connectivity index (χ1v) is 15.1. The van der Waals surface area contributed by atoms with Gasteiger partial charge in [0.2, 0.25) is 0 Å². The maximum absolute atomic E-state index is 12.4. The summed E-state index contributed by atoms with van der Waals surface area (Å²) >= 11 is 0. The van der Waals surface area contributed by atoms with Crippen LogP contribution in [0.15, 0.2) is 33.7 Å². The Morgan fingerprint density at radius 1 is 0.773 bits per heavy atom. The van der Waals surface area contributed by atoms with E-state index in [9.17, 15) is 29.4 Å². The predicted molar refractivity (Wildman–Crippen MR) is 169 cm³/mol. The average Bonchev–Trinajstić information content (AvgIpc) is 3.59. The number of hydrogen-bond acceptors (Lipinski definition) is 4. The van der Waals surface area contributed by atoms with Crippen molar-refractivity contribution in [1.82, 2.24) is 20.6 Å². The molecular formula is C34H42N4O6. The Bertz CT molecular complexity index is 1680.